The summed E-state index contributed by atoms with van der Waals surface area (Å²) in [5, 5.41) is 0. The summed E-state index contributed by atoms with van der Waals surface area (Å²) >= 11 is 0. The normalized spacial score (nSPS) is 26.0. The first-order valence-corrected chi connectivity index (χ1v) is 16.2. The van der Waals surface area contributed by atoms with Crippen molar-refractivity contribution in [2.24, 2.45) is 17.3 Å². The molecule has 44 heavy (non-hydrogen) atoms. The van der Waals surface area contributed by atoms with Crippen LogP contribution in [0.3, 0.4) is 0 Å². The van der Waals surface area contributed by atoms with Crippen molar-refractivity contribution in [3.05, 3.63) is 65.2 Å². The predicted molar refractivity (Wildman–Crippen MR) is 172 cm³/mol. The van der Waals surface area contributed by atoms with Crippen LogP contribution in [0.5, 0.6) is 5.75 Å². The fraction of sp³-hybridized carbons (Fsp3) is 0.622. The second-order valence-corrected chi connectivity index (χ2v) is 14.5. The molecular weight excluding hydrogens is 554 g/mol. The maximum atomic E-state index is 14.7. The standard InChI is InChI=1S/C37H53NO6/c1-10-43-35(40)32-30(37(5,6)7)33(44-23-26-21-27(36(2,3)4)19-20-29(26)42-9)31(24-15-12-11-13-16-24)38(32)34(39)25-17-14-18-28(22-25)41-8/h11-13,15-16,19-21,25,28,30-33H,10,14,17-18,22-23H2,1-9H3/t25-,28-,30-,31+,32+,33+/m1/s1. The summed E-state index contributed by atoms with van der Waals surface area (Å²) in [6.07, 6.45) is 2.83. The van der Waals surface area contributed by atoms with Gasteiger partial charge in [0.2, 0.25) is 5.91 Å². The molecule has 7 heteroatoms. The van der Waals surface area contributed by atoms with Crippen molar-refractivity contribution in [2.75, 3.05) is 20.8 Å². The smallest absolute Gasteiger partial charge is 0.329 e. The highest BCUT2D eigenvalue weighted by Crippen LogP contribution is 2.51. The summed E-state index contributed by atoms with van der Waals surface area (Å²) in [5.41, 5.74) is 2.63. The van der Waals surface area contributed by atoms with Crippen molar-refractivity contribution in [3.8, 4) is 5.75 Å². The Balaban J connectivity index is 1.84. The fourth-order valence-electron chi connectivity index (χ4n) is 7.14. The first-order chi connectivity index (χ1) is 20.8. The number of amides is 1. The lowest BCUT2D eigenvalue weighted by Gasteiger charge is -2.37. The minimum atomic E-state index is -0.789. The topological polar surface area (TPSA) is 74.3 Å². The number of ether oxygens (including phenoxy) is 4. The second-order valence-electron chi connectivity index (χ2n) is 14.5. The molecule has 1 amide bonds. The van der Waals surface area contributed by atoms with E-state index in [0.717, 1.165) is 36.1 Å². The average Bonchev–Trinajstić information content (AvgIpc) is 3.35. The molecular formula is C37H53NO6. The average molecular weight is 608 g/mol. The molecule has 0 bridgehead atoms. The first kappa shape index (κ1) is 34.0. The summed E-state index contributed by atoms with van der Waals surface area (Å²) in [4.78, 5) is 30.5. The zero-order valence-electron chi connectivity index (χ0n) is 28.2. The summed E-state index contributed by atoms with van der Waals surface area (Å²) in [5.74, 6) is -0.207. The van der Waals surface area contributed by atoms with Gasteiger partial charge in [-0.15, -0.1) is 0 Å². The van der Waals surface area contributed by atoms with Gasteiger partial charge in [-0.1, -0.05) is 84.4 Å². The molecule has 0 unspecified atom stereocenters. The largest absolute Gasteiger partial charge is 0.496 e. The van der Waals surface area contributed by atoms with Gasteiger partial charge in [0.15, 0.2) is 0 Å². The minimum Gasteiger partial charge on any atom is -0.496 e. The zero-order valence-corrected chi connectivity index (χ0v) is 28.2. The molecule has 7 nitrogen and oxygen atoms in total. The van der Waals surface area contributed by atoms with E-state index in [1.165, 1.54) is 5.56 Å². The molecule has 2 aromatic carbocycles. The second kappa shape index (κ2) is 14.0. The van der Waals surface area contributed by atoms with Crippen molar-refractivity contribution >= 4 is 11.9 Å². The number of rotatable bonds is 9. The predicted octanol–water partition coefficient (Wildman–Crippen LogP) is 7.26. The molecule has 6 atom stereocenters. The van der Waals surface area contributed by atoms with Crippen LogP contribution < -0.4 is 4.74 Å². The number of hydrogen-bond acceptors (Lipinski definition) is 6. The van der Waals surface area contributed by atoms with Crippen LogP contribution in [0.2, 0.25) is 0 Å². The number of methoxy groups -OCH3 is 2. The maximum absolute atomic E-state index is 14.7. The van der Waals surface area contributed by atoms with Crippen molar-refractivity contribution in [1.29, 1.82) is 0 Å². The van der Waals surface area contributed by atoms with Crippen LogP contribution in [0, 0.1) is 17.3 Å². The third-order valence-corrected chi connectivity index (χ3v) is 9.41. The number of benzene rings is 2. The van der Waals surface area contributed by atoms with E-state index >= 15 is 0 Å². The highest BCUT2D eigenvalue weighted by molar-refractivity contribution is 5.88. The number of hydrogen-bond donors (Lipinski definition) is 0. The van der Waals surface area contributed by atoms with Crippen LogP contribution in [0.4, 0.5) is 0 Å². The lowest BCUT2D eigenvalue weighted by atomic mass is 9.73. The highest BCUT2D eigenvalue weighted by atomic mass is 16.5. The SMILES string of the molecule is CCOC(=O)[C@@H]1[C@@H](C(C)(C)C)[C@H](OCc2cc(C(C)(C)C)ccc2OC)[C@H](c2ccccc2)N1C(=O)[C@@H]1CCC[C@@H](OC)C1. The van der Waals surface area contributed by atoms with Gasteiger partial charge in [0.05, 0.1) is 38.6 Å². The van der Waals surface area contributed by atoms with E-state index in [2.05, 4.69) is 53.7 Å². The van der Waals surface area contributed by atoms with E-state index in [-0.39, 0.29) is 53.9 Å². The Morgan fingerprint density at radius 1 is 0.955 bits per heavy atom. The number of esters is 1. The molecule has 1 heterocycles. The van der Waals surface area contributed by atoms with Crippen LogP contribution in [-0.2, 0) is 35.8 Å². The fourth-order valence-corrected chi connectivity index (χ4v) is 7.14. The number of nitrogens with zero attached hydrogens (tertiary/aromatic N) is 1. The molecule has 1 aliphatic carbocycles. The van der Waals surface area contributed by atoms with Gasteiger partial charge in [-0.25, -0.2) is 4.79 Å². The summed E-state index contributed by atoms with van der Waals surface area (Å²) < 4.78 is 24.1. The quantitative estimate of drug-likeness (QED) is 0.279. The number of likely N-dealkylation sites (tertiary alicyclic amines) is 1. The van der Waals surface area contributed by atoms with Crippen LogP contribution in [-0.4, -0.2) is 55.9 Å². The Labute approximate surface area is 264 Å². The van der Waals surface area contributed by atoms with Gasteiger partial charge in [0, 0.05) is 24.5 Å². The molecule has 1 aliphatic heterocycles. The molecule has 0 N–H and O–H groups in total. The molecule has 4 rings (SSSR count). The molecule has 1 saturated carbocycles. The van der Waals surface area contributed by atoms with Crippen LogP contribution >= 0.6 is 0 Å². The van der Waals surface area contributed by atoms with Crippen molar-refractivity contribution < 1.29 is 28.5 Å². The van der Waals surface area contributed by atoms with E-state index in [9.17, 15) is 9.59 Å². The molecule has 0 radical (unpaired) electrons. The van der Waals surface area contributed by atoms with Crippen molar-refractivity contribution in [1.82, 2.24) is 4.90 Å². The van der Waals surface area contributed by atoms with Gasteiger partial charge < -0.3 is 23.8 Å². The number of carbonyl (C=O) groups excluding carboxylic acids is 2. The van der Waals surface area contributed by atoms with E-state index < -0.39 is 18.2 Å². The van der Waals surface area contributed by atoms with Gasteiger partial charge in [-0.2, -0.15) is 0 Å². The lowest BCUT2D eigenvalue weighted by molar-refractivity contribution is -0.159. The van der Waals surface area contributed by atoms with Crippen LogP contribution in [0.1, 0.15) is 96.9 Å². The minimum absolute atomic E-state index is 0.0219. The van der Waals surface area contributed by atoms with Crippen molar-refractivity contribution in [3.63, 3.8) is 0 Å². The Hall–Kier alpha value is -2.90. The van der Waals surface area contributed by atoms with E-state index in [0.29, 0.717) is 6.42 Å². The van der Waals surface area contributed by atoms with Gasteiger partial charge in [0.25, 0.3) is 0 Å². The summed E-state index contributed by atoms with van der Waals surface area (Å²) in [6.45, 7) is 15.3. The van der Waals surface area contributed by atoms with E-state index in [1.54, 1.807) is 14.2 Å². The van der Waals surface area contributed by atoms with Crippen LogP contribution in [0.25, 0.3) is 0 Å². The molecule has 0 spiro atoms. The molecule has 2 aliphatic rings. The monoisotopic (exact) mass is 607 g/mol. The van der Waals surface area contributed by atoms with E-state index in [1.807, 2.05) is 48.2 Å². The van der Waals surface area contributed by atoms with Crippen LogP contribution in [0.15, 0.2) is 48.5 Å². The molecule has 0 aromatic heterocycles. The molecule has 242 valence electrons. The summed E-state index contributed by atoms with van der Waals surface area (Å²) in [7, 11) is 3.38. The zero-order chi connectivity index (χ0) is 32.2. The molecule has 1 saturated heterocycles. The highest BCUT2D eigenvalue weighted by Gasteiger charge is 2.59. The third kappa shape index (κ3) is 7.31. The van der Waals surface area contributed by atoms with Gasteiger partial charge in [-0.05, 0) is 60.3 Å². The van der Waals surface area contributed by atoms with Gasteiger partial charge in [0.1, 0.15) is 11.8 Å². The molecule has 2 fully saturated rings. The van der Waals surface area contributed by atoms with E-state index in [4.69, 9.17) is 18.9 Å². The number of carbonyl (C=O) groups is 2. The third-order valence-electron chi connectivity index (χ3n) is 9.41. The van der Waals surface area contributed by atoms with Crippen molar-refractivity contribution in [2.45, 2.75) is 110 Å². The molecule has 2 aromatic rings. The Kier molecular flexibility index (Phi) is 10.8. The Bertz CT molecular complexity index is 1260. The van der Waals surface area contributed by atoms with Gasteiger partial charge >= 0.3 is 5.97 Å². The Morgan fingerprint density at radius 3 is 2.25 bits per heavy atom. The van der Waals surface area contributed by atoms with Gasteiger partial charge in [-0.3, -0.25) is 4.79 Å². The summed E-state index contributed by atoms with van der Waals surface area (Å²) in [6, 6.07) is 15.0. The maximum Gasteiger partial charge on any atom is 0.329 e. The Morgan fingerprint density at radius 2 is 1.66 bits per heavy atom. The lowest BCUT2D eigenvalue weighted by Crippen LogP contribution is -2.50. The first-order valence-electron chi connectivity index (χ1n) is 16.2.